The molecule has 7 nitrogen and oxygen atoms in total. The Bertz CT molecular complexity index is 1080. The molecule has 0 unspecified atom stereocenters. The summed E-state index contributed by atoms with van der Waals surface area (Å²) in [4.78, 5) is 38.4. The Kier molecular flexibility index (Phi) is 6.67. The van der Waals surface area contributed by atoms with Gasteiger partial charge in [-0.25, -0.2) is 9.49 Å². The van der Waals surface area contributed by atoms with Crippen LogP contribution in [0, 0.1) is 11.7 Å². The maximum Gasteiger partial charge on any atom is 0.267 e. The number of nitrogens with zero attached hydrogens (tertiary/aromatic N) is 2. The molecule has 32 heavy (non-hydrogen) atoms. The van der Waals surface area contributed by atoms with Crippen LogP contribution >= 0.6 is 0 Å². The number of H-pyrrole nitrogens is 1. The summed E-state index contributed by atoms with van der Waals surface area (Å²) in [5, 5.41) is 9.67. The van der Waals surface area contributed by atoms with Crippen molar-refractivity contribution >= 4 is 11.8 Å². The Morgan fingerprint density at radius 2 is 1.97 bits per heavy atom. The maximum absolute atomic E-state index is 14.6. The fourth-order valence-corrected chi connectivity index (χ4v) is 4.29. The molecule has 0 radical (unpaired) electrons. The third-order valence-electron chi connectivity index (χ3n) is 6.31. The van der Waals surface area contributed by atoms with Crippen LogP contribution in [-0.2, 0) is 24.1 Å². The molecule has 170 valence electrons. The van der Waals surface area contributed by atoms with Gasteiger partial charge in [-0.15, -0.1) is 0 Å². The average Bonchev–Trinajstić information content (AvgIpc) is 3.65. The van der Waals surface area contributed by atoms with E-state index in [1.807, 2.05) is 6.92 Å². The van der Waals surface area contributed by atoms with Crippen LogP contribution in [0.2, 0.25) is 0 Å². The standard InChI is InChI=1S/C24H29FN4O3/c1-2-29(12-11-26-22(30)16-8-9-16)24(32)19-13-15(7-10-20(19)25)14-21-17-5-3-4-6-18(17)23(31)28-27-21/h7,10,13,16H,2-6,8-9,11-12,14H2,1H3,(H,26,30)(H,28,31). The molecule has 2 amide bonds. The molecule has 0 atom stereocenters. The lowest BCUT2D eigenvalue weighted by Gasteiger charge is -2.22. The van der Waals surface area contributed by atoms with E-state index < -0.39 is 11.7 Å². The number of hydrogen-bond donors (Lipinski definition) is 2. The molecular weight excluding hydrogens is 411 g/mol. The van der Waals surface area contributed by atoms with E-state index in [0.29, 0.717) is 26.1 Å². The van der Waals surface area contributed by atoms with Crippen molar-refractivity contribution in [3.8, 4) is 0 Å². The zero-order valence-electron chi connectivity index (χ0n) is 18.4. The number of aromatic nitrogens is 2. The van der Waals surface area contributed by atoms with E-state index >= 15 is 0 Å². The Hall–Kier alpha value is -3.03. The van der Waals surface area contributed by atoms with E-state index in [2.05, 4.69) is 15.5 Å². The van der Waals surface area contributed by atoms with Gasteiger partial charge in [0.25, 0.3) is 11.5 Å². The summed E-state index contributed by atoms with van der Waals surface area (Å²) >= 11 is 0. The topological polar surface area (TPSA) is 95.2 Å². The zero-order chi connectivity index (χ0) is 22.7. The van der Waals surface area contributed by atoms with Gasteiger partial charge in [-0.2, -0.15) is 5.10 Å². The first kappa shape index (κ1) is 22.2. The first-order valence-electron chi connectivity index (χ1n) is 11.4. The number of nitrogens with one attached hydrogen (secondary N) is 2. The monoisotopic (exact) mass is 440 g/mol. The number of fused-ring (bicyclic) bond motifs is 1. The molecule has 2 aliphatic carbocycles. The fourth-order valence-electron chi connectivity index (χ4n) is 4.29. The molecule has 1 aromatic heterocycles. The van der Waals surface area contributed by atoms with Crippen LogP contribution in [0.25, 0.3) is 0 Å². The minimum Gasteiger partial charge on any atom is -0.354 e. The average molecular weight is 441 g/mol. The predicted molar refractivity (Wildman–Crippen MR) is 118 cm³/mol. The smallest absolute Gasteiger partial charge is 0.267 e. The fraction of sp³-hybridized carbons (Fsp3) is 0.500. The van der Waals surface area contributed by atoms with Crippen molar-refractivity contribution in [3.05, 3.63) is 62.3 Å². The van der Waals surface area contributed by atoms with Gasteiger partial charge in [0.1, 0.15) is 5.82 Å². The summed E-state index contributed by atoms with van der Waals surface area (Å²) in [7, 11) is 0. The lowest BCUT2D eigenvalue weighted by Crippen LogP contribution is -2.39. The van der Waals surface area contributed by atoms with Crippen LogP contribution in [0.5, 0.6) is 0 Å². The number of hydrogen-bond acceptors (Lipinski definition) is 4. The quantitative estimate of drug-likeness (QED) is 0.659. The highest BCUT2D eigenvalue weighted by Gasteiger charge is 2.29. The number of carbonyl (C=O) groups excluding carboxylic acids is 2. The third kappa shape index (κ3) is 4.89. The predicted octanol–water partition coefficient (Wildman–Crippen LogP) is 2.37. The van der Waals surface area contributed by atoms with E-state index in [9.17, 15) is 18.8 Å². The molecule has 4 rings (SSSR count). The van der Waals surface area contributed by atoms with Gasteiger partial charge in [-0.1, -0.05) is 6.07 Å². The number of halogens is 1. The van der Waals surface area contributed by atoms with Crippen LogP contribution in [0.1, 0.15) is 65.3 Å². The highest BCUT2D eigenvalue weighted by atomic mass is 19.1. The van der Waals surface area contributed by atoms with Gasteiger partial charge in [0.2, 0.25) is 5.91 Å². The Morgan fingerprint density at radius 3 is 2.69 bits per heavy atom. The number of rotatable bonds is 8. The SMILES string of the molecule is CCN(CCNC(=O)C1CC1)C(=O)c1cc(Cc2n[nH]c(=O)c3c2CCCC3)ccc1F. The minimum atomic E-state index is -0.573. The molecule has 1 saturated carbocycles. The largest absolute Gasteiger partial charge is 0.354 e. The lowest BCUT2D eigenvalue weighted by molar-refractivity contribution is -0.122. The summed E-state index contributed by atoms with van der Waals surface area (Å²) in [6, 6.07) is 4.54. The molecule has 2 aromatic rings. The van der Waals surface area contributed by atoms with E-state index in [1.54, 1.807) is 12.1 Å². The third-order valence-corrected chi connectivity index (χ3v) is 6.31. The number of aromatic amines is 1. The van der Waals surface area contributed by atoms with Crippen LogP contribution in [0.4, 0.5) is 4.39 Å². The van der Waals surface area contributed by atoms with Crippen molar-refractivity contribution in [2.24, 2.45) is 5.92 Å². The molecule has 1 fully saturated rings. The van der Waals surface area contributed by atoms with E-state index in [1.165, 1.54) is 11.0 Å². The van der Waals surface area contributed by atoms with Crippen molar-refractivity contribution in [2.45, 2.75) is 51.9 Å². The molecule has 8 heteroatoms. The summed E-state index contributed by atoms with van der Waals surface area (Å²) in [5.74, 6) is -0.833. The molecule has 0 aliphatic heterocycles. The van der Waals surface area contributed by atoms with Gasteiger partial charge in [-0.3, -0.25) is 14.4 Å². The molecule has 1 heterocycles. The van der Waals surface area contributed by atoms with Crippen LogP contribution in [-0.4, -0.2) is 46.5 Å². The van der Waals surface area contributed by atoms with Crippen molar-refractivity contribution in [1.82, 2.24) is 20.4 Å². The van der Waals surface area contributed by atoms with Crippen LogP contribution in [0.3, 0.4) is 0 Å². The second-order valence-corrected chi connectivity index (χ2v) is 8.60. The van der Waals surface area contributed by atoms with Gasteiger partial charge in [0, 0.05) is 37.5 Å². The van der Waals surface area contributed by atoms with Gasteiger partial charge in [-0.05, 0) is 68.7 Å². The molecule has 2 N–H and O–H groups in total. The van der Waals surface area contributed by atoms with Gasteiger partial charge in [0.15, 0.2) is 0 Å². The molecule has 2 aliphatic rings. The first-order chi connectivity index (χ1) is 15.5. The van der Waals surface area contributed by atoms with E-state index in [4.69, 9.17) is 0 Å². The second kappa shape index (κ2) is 9.63. The number of likely N-dealkylation sites (N-methyl/N-ethyl adjacent to an activating group) is 1. The second-order valence-electron chi connectivity index (χ2n) is 8.60. The van der Waals surface area contributed by atoms with Crippen molar-refractivity contribution in [1.29, 1.82) is 0 Å². The van der Waals surface area contributed by atoms with Crippen molar-refractivity contribution in [3.63, 3.8) is 0 Å². The summed E-state index contributed by atoms with van der Waals surface area (Å²) in [6.45, 7) is 2.92. The number of amides is 2. The zero-order valence-corrected chi connectivity index (χ0v) is 18.4. The Balaban J connectivity index is 1.49. The summed E-state index contributed by atoms with van der Waals surface area (Å²) in [5.41, 5.74) is 3.20. The molecule has 0 saturated heterocycles. The van der Waals surface area contributed by atoms with Crippen molar-refractivity contribution in [2.75, 3.05) is 19.6 Å². The molecule has 1 aromatic carbocycles. The Morgan fingerprint density at radius 1 is 1.22 bits per heavy atom. The van der Waals surface area contributed by atoms with Gasteiger partial charge < -0.3 is 10.2 Å². The van der Waals surface area contributed by atoms with Gasteiger partial charge >= 0.3 is 0 Å². The molecule has 0 bridgehead atoms. The maximum atomic E-state index is 14.6. The highest BCUT2D eigenvalue weighted by Crippen LogP contribution is 2.28. The highest BCUT2D eigenvalue weighted by molar-refractivity contribution is 5.94. The van der Waals surface area contributed by atoms with Crippen molar-refractivity contribution < 1.29 is 14.0 Å². The summed E-state index contributed by atoms with van der Waals surface area (Å²) in [6.07, 6.45) is 5.83. The van der Waals surface area contributed by atoms with Gasteiger partial charge in [0.05, 0.1) is 11.3 Å². The molecule has 0 spiro atoms. The normalized spacial score (nSPS) is 15.2. The van der Waals surface area contributed by atoms with E-state index in [0.717, 1.165) is 60.9 Å². The van der Waals surface area contributed by atoms with E-state index in [-0.39, 0.29) is 22.9 Å². The van der Waals surface area contributed by atoms with Crippen LogP contribution in [0.15, 0.2) is 23.0 Å². The molecular formula is C24H29FN4O3. The Labute approximate surface area is 186 Å². The number of benzene rings is 1. The van der Waals surface area contributed by atoms with Crippen LogP contribution < -0.4 is 10.9 Å². The lowest BCUT2D eigenvalue weighted by atomic mass is 9.90. The number of carbonyl (C=O) groups is 2. The first-order valence-corrected chi connectivity index (χ1v) is 11.4. The minimum absolute atomic E-state index is 0.0103. The summed E-state index contributed by atoms with van der Waals surface area (Å²) < 4.78 is 14.6.